The quantitative estimate of drug-likeness (QED) is 0.498. The van der Waals surface area contributed by atoms with Crippen LogP contribution in [0.25, 0.3) is 10.8 Å². The number of benzene rings is 3. The van der Waals surface area contributed by atoms with Crippen LogP contribution in [0.1, 0.15) is 10.4 Å². The van der Waals surface area contributed by atoms with Crippen molar-refractivity contribution < 1.29 is 9.53 Å². The molecule has 0 saturated carbocycles. The Hall–Kier alpha value is -2.13. The number of hydrogen-bond donors (Lipinski definition) is 0. The number of hydrogen-bond acceptors (Lipinski definition) is 2. The highest BCUT2D eigenvalue weighted by molar-refractivity contribution is 9.10. The van der Waals surface area contributed by atoms with Crippen molar-refractivity contribution in [3.05, 3.63) is 76.8 Å². The minimum Gasteiger partial charge on any atom is -0.423 e. The maximum Gasteiger partial charge on any atom is 0.343 e. The van der Waals surface area contributed by atoms with Crippen molar-refractivity contribution in [1.29, 1.82) is 0 Å². The molecule has 98 valence electrons. The molecule has 2 nitrogen and oxygen atoms in total. The molecule has 0 saturated heterocycles. The van der Waals surface area contributed by atoms with Gasteiger partial charge in [-0.2, -0.15) is 0 Å². The third-order valence-corrected chi connectivity index (χ3v) is 3.49. The van der Waals surface area contributed by atoms with Crippen LogP contribution in [0.2, 0.25) is 0 Å². The Labute approximate surface area is 125 Å². The number of esters is 1. The largest absolute Gasteiger partial charge is 0.423 e. The molecule has 0 atom stereocenters. The van der Waals surface area contributed by atoms with Gasteiger partial charge in [0, 0.05) is 4.47 Å². The minimum absolute atomic E-state index is 0.360. The summed E-state index contributed by atoms with van der Waals surface area (Å²) in [7, 11) is 0. The zero-order chi connectivity index (χ0) is 13.9. The Morgan fingerprint density at radius 3 is 2.45 bits per heavy atom. The van der Waals surface area contributed by atoms with Crippen LogP contribution in [0, 0.1) is 0 Å². The van der Waals surface area contributed by atoms with Crippen molar-refractivity contribution in [2.75, 3.05) is 0 Å². The highest BCUT2D eigenvalue weighted by atomic mass is 79.9. The van der Waals surface area contributed by atoms with E-state index in [9.17, 15) is 4.79 Å². The fraction of sp³-hybridized carbons (Fsp3) is 0. The SMILES string of the molecule is O=C(Oc1ccc2ccccc2c1)c1cccc(Br)c1. The molecule has 0 fully saturated rings. The molecule has 0 unspecified atom stereocenters. The second kappa shape index (κ2) is 5.47. The van der Waals surface area contributed by atoms with Gasteiger partial charge in [-0.25, -0.2) is 4.79 Å². The lowest BCUT2D eigenvalue weighted by atomic mass is 10.1. The summed E-state index contributed by atoms with van der Waals surface area (Å²) in [6, 6.07) is 20.7. The lowest BCUT2D eigenvalue weighted by molar-refractivity contribution is 0.0735. The number of ether oxygens (including phenoxy) is 1. The van der Waals surface area contributed by atoms with Gasteiger partial charge < -0.3 is 4.74 Å². The number of fused-ring (bicyclic) bond motifs is 1. The van der Waals surface area contributed by atoms with Crippen molar-refractivity contribution in [3.8, 4) is 5.75 Å². The van der Waals surface area contributed by atoms with Gasteiger partial charge in [-0.3, -0.25) is 0 Å². The van der Waals surface area contributed by atoms with Gasteiger partial charge in [0.1, 0.15) is 5.75 Å². The van der Waals surface area contributed by atoms with Crippen LogP contribution in [0.4, 0.5) is 0 Å². The van der Waals surface area contributed by atoms with Crippen LogP contribution in [0.3, 0.4) is 0 Å². The molecular weight excluding hydrogens is 316 g/mol. The number of carbonyl (C=O) groups is 1. The molecule has 0 aromatic heterocycles. The van der Waals surface area contributed by atoms with Crippen LogP contribution in [0.15, 0.2) is 71.2 Å². The molecule has 3 heteroatoms. The van der Waals surface area contributed by atoms with Crippen LogP contribution in [-0.4, -0.2) is 5.97 Å². The van der Waals surface area contributed by atoms with E-state index in [4.69, 9.17) is 4.74 Å². The maximum atomic E-state index is 12.1. The van der Waals surface area contributed by atoms with E-state index in [1.54, 1.807) is 24.3 Å². The second-order valence-corrected chi connectivity index (χ2v) is 5.32. The average Bonchev–Trinajstić information content (AvgIpc) is 2.47. The number of rotatable bonds is 2. The van der Waals surface area contributed by atoms with Gasteiger partial charge in [-0.15, -0.1) is 0 Å². The van der Waals surface area contributed by atoms with Crippen LogP contribution < -0.4 is 4.74 Å². The molecular formula is C17H11BrO2. The third-order valence-electron chi connectivity index (χ3n) is 2.99. The molecule has 0 aliphatic heterocycles. The van der Waals surface area contributed by atoms with Gasteiger partial charge in [0.05, 0.1) is 5.56 Å². The summed E-state index contributed by atoms with van der Waals surface area (Å²) in [5.41, 5.74) is 0.521. The van der Waals surface area contributed by atoms with E-state index in [1.165, 1.54) is 0 Å². The molecule has 0 aliphatic carbocycles. The molecule has 3 rings (SSSR count). The maximum absolute atomic E-state index is 12.1. The van der Waals surface area contributed by atoms with E-state index < -0.39 is 0 Å². The van der Waals surface area contributed by atoms with Gasteiger partial charge in [0.25, 0.3) is 0 Å². The van der Waals surface area contributed by atoms with E-state index in [0.717, 1.165) is 15.2 Å². The zero-order valence-electron chi connectivity index (χ0n) is 10.5. The van der Waals surface area contributed by atoms with Gasteiger partial charge in [0.2, 0.25) is 0 Å². The fourth-order valence-electron chi connectivity index (χ4n) is 2.01. The van der Waals surface area contributed by atoms with Crippen molar-refractivity contribution in [2.24, 2.45) is 0 Å². The highest BCUT2D eigenvalue weighted by Gasteiger charge is 2.09. The number of carbonyl (C=O) groups excluding carboxylic acids is 1. The molecule has 0 N–H and O–H groups in total. The first-order valence-electron chi connectivity index (χ1n) is 6.19. The van der Waals surface area contributed by atoms with Gasteiger partial charge in [-0.1, -0.05) is 52.3 Å². The Morgan fingerprint density at radius 2 is 1.65 bits per heavy atom. The normalized spacial score (nSPS) is 10.4. The minimum atomic E-state index is -0.360. The first kappa shape index (κ1) is 12.9. The van der Waals surface area contributed by atoms with Crippen molar-refractivity contribution in [1.82, 2.24) is 0 Å². The molecule has 0 bridgehead atoms. The van der Waals surface area contributed by atoms with Crippen molar-refractivity contribution in [2.45, 2.75) is 0 Å². The summed E-state index contributed by atoms with van der Waals surface area (Å²) in [4.78, 5) is 12.1. The van der Waals surface area contributed by atoms with E-state index in [-0.39, 0.29) is 5.97 Å². The predicted molar refractivity (Wildman–Crippen MR) is 83.0 cm³/mol. The molecule has 0 amide bonds. The highest BCUT2D eigenvalue weighted by Crippen LogP contribution is 2.22. The van der Waals surface area contributed by atoms with Gasteiger partial charge in [0.15, 0.2) is 0 Å². The van der Waals surface area contributed by atoms with E-state index >= 15 is 0 Å². The lowest BCUT2D eigenvalue weighted by Crippen LogP contribution is -2.08. The first-order valence-corrected chi connectivity index (χ1v) is 6.98. The fourth-order valence-corrected chi connectivity index (χ4v) is 2.41. The lowest BCUT2D eigenvalue weighted by Gasteiger charge is -2.06. The topological polar surface area (TPSA) is 26.3 Å². The molecule has 0 heterocycles. The van der Waals surface area contributed by atoms with Crippen LogP contribution >= 0.6 is 15.9 Å². The zero-order valence-corrected chi connectivity index (χ0v) is 12.1. The summed E-state index contributed by atoms with van der Waals surface area (Å²) in [6.45, 7) is 0. The first-order chi connectivity index (χ1) is 9.72. The summed E-state index contributed by atoms with van der Waals surface area (Å²) >= 11 is 3.34. The van der Waals surface area contributed by atoms with E-state index in [2.05, 4.69) is 15.9 Å². The Bertz CT molecular complexity index is 781. The smallest absolute Gasteiger partial charge is 0.343 e. The molecule has 0 aliphatic rings. The summed E-state index contributed by atoms with van der Waals surface area (Å²) in [6.07, 6.45) is 0. The van der Waals surface area contributed by atoms with Crippen molar-refractivity contribution >= 4 is 32.7 Å². The molecule has 3 aromatic carbocycles. The summed E-state index contributed by atoms with van der Waals surface area (Å²) in [5.74, 6) is 0.190. The summed E-state index contributed by atoms with van der Waals surface area (Å²) in [5, 5.41) is 2.17. The molecule has 3 aromatic rings. The number of halogens is 1. The Balaban J connectivity index is 1.87. The average molecular weight is 327 g/mol. The van der Waals surface area contributed by atoms with Crippen molar-refractivity contribution in [3.63, 3.8) is 0 Å². The summed E-state index contributed by atoms with van der Waals surface area (Å²) < 4.78 is 6.26. The van der Waals surface area contributed by atoms with Crippen LogP contribution in [0.5, 0.6) is 5.75 Å². The van der Waals surface area contributed by atoms with Gasteiger partial charge in [-0.05, 0) is 41.1 Å². The monoisotopic (exact) mass is 326 g/mol. The third kappa shape index (κ3) is 2.73. The second-order valence-electron chi connectivity index (χ2n) is 4.41. The van der Waals surface area contributed by atoms with E-state index in [0.29, 0.717) is 11.3 Å². The Kier molecular flexibility index (Phi) is 3.52. The standard InChI is InChI=1S/C17H11BrO2/c18-15-7-3-6-14(10-15)17(19)20-16-9-8-12-4-1-2-5-13(12)11-16/h1-11H. The van der Waals surface area contributed by atoms with E-state index in [1.807, 2.05) is 42.5 Å². The molecule has 0 radical (unpaired) electrons. The predicted octanol–water partition coefficient (Wildman–Crippen LogP) is 4.82. The Morgan fingerprint density at radius 1 is 0.850 bits per heavy atom. The van der Waals surface area contributed by atoms with Crippen LogP contribution in [-0.2, 0) is 0 Å². The molecule has 0 spiro atoms. The van der Waals surface area contributed by atoms with Gasteiger partial charge >= 0.3 is 5.97 Å². The molecule has 20 heavy (non-hydrogen) atoms.